The third kappa shape index (κ3) is 4.30. The van der Waals surface area contributed by atoms with Gasteiger partial charge >= 0.3 is 0 Å². The molecule has 0 aliphatic rings. The standard InChI is InChI=1S/C41H26N2OS/c1-3-13-27(14-4-1)41-42-35-26-36(32-19-7-8-20-33(32)40(35)44-41)43(29-16-5-2-6-17-29)30-18-11-15-28(25-30)31-22-12-24-38-39(31)34-21-9-10-23-37(34)45-38/h1-26H. The molecule has 0 saturated heterocycles. The Hall–Kier alpha value is -5.71. The molecule has 0 spiro atoms. The van der Waals surface area contributed by atoms with Crippen LogP contribution in [-0.2, 0) is 0 Å². The molecule has 4 heteroatoms. The van der Waals surface area contributed by atoms with Gasteiger partial charge in [0, 0.05) is 47.9 Å². The summed E-state index contributed by atoms with van der Waals surface area (Å²) < 4.78 is 9.04. The van der Waals surface area contributed by atoms with Crippen molar-refractivity contribution >= 4 is 70.4 Å². The number of oxazole rings is 1. The van der Waals surface area contributed by atoms with Crippen LogP contribution in [0.25, 0.3) is 64.6 Å². The van der Waals surface area contributed by atoms with E-state index >= 15 is 0 Å². The zero-order chi connectivity index (χ0) is 29.7. The van der Waals surface area contributed by atoms with Gasteiger partial charge in [-0.15, -0.1) is 11.3 Å². The number of hydrogen-bond donors (Lipinski definition) is 0. The van der Waals surface area contributed by atoms with E-state index in [1.807, 2.05) is 41.7 Å². The highest BCUT2D eigenvalue weighted by Crippen LogP contribution is 2.45. The molecule has 7 aromatic carbocycles. The van der Waals surface area contributed by atoms with E-state index < -0.39 is 0 Å². The Balaban J connectivity index is 1.28. The van der Waals surface area contributed by atoms with Gasteiger partial charge in [-0.1, -0.05) is 103 Å². The molecule has 0 aliphatic heterocycles. The molecular formula is C41H26N2OS. The molecule has 2 heterocycles. The van der Waals surface area contributed by atoms with Gasteiger partial charge < -0.3 is 9.32 Å². The van der Waals surface area contributed by atoms with Gasteiger partial charge in [0.05, 0.1) is 5.69 Å². The van der Waals surface area contributed by atoms with Crippen LogP contribution in [0.3, 0.4) is 0 Å². The van der Waals surface area contributed by atoms with Crippen LogP contribution in [0.4, 0.5) is 17.1 Å². The molecule has 45 heavy (non-hydrogen) atoms. The van der Waals surface area contributed by atoms with Crippen molar-refractivity contribution in [3.8, 4) is 22.6 Å². The fourth-order valence-electron chi connectivity index (χ4n) is 6.46. The van der Waals surface area contributed by atoms with Crippen LogP contribution >= 0.6 is 11.3 Å². The number of rotatable bonds is 5. The van der Waals surface area contributed by atoms with E-state index in [0.717, 1.165) is 44.5 Å². The zero-order valence-electron chi connectivity index (χ0n) is 24.2. The normalized spacial score (nSPS) is 11.6. The highest BCUT2D eigenvalue weighted by Gasteiger charge is 2.21. The van der Waals surface area contributed by atoms with Crippen molar-refractivity contribution < 1.29 is 4.42 Å². The van der Waals surface area contributed by atoms with Gasteiger partial charge in [0.25, 0.3) is 0 Å². The quantitative estimate of drug-likeness (QED) is 0.198. The van der Waals surface area contributed by atoms with Gasteiger partial charge in [0.2, 0.25) is 5.89 Å². The summed E-state index contributed by atoms with van der Waals surface area (Å²) in [7, 11) is 0. The highest BCUT2D eigenvalue weighted by atomic mass is 32.1. The Labute approximate surface area is 264 Å². The van der Waals surface area contributed by atoms with Crippen LogP contribution in [0.15, 0.2) is 162 Å². The van der Waals surface area contributed by atoms with Crippen LogP contribution in [0.1, 0.15) is 0 Å². The smallest absolute Gasteiger partial charge is 0.227 e. The van der Waals surface area contributed by atoms with E-state index in [0.29, 0.717) is 5.89 Å². The predicted molar refractivity (Wildman–Crippen MR) is 190 cm³/mol. The number of benzene rings is 7. The van der Waals surface area contributed by atoms with E-state index in [1.165, 1.54) is 31.3 Å². The molecule has 0 saturated carbocycles. The highest BCUT2D eigenvalue weighted by molar-refractivity contribution is 7.25. The van der Waals surface area contributed by atoms with E-state index in [2.05, 4.69) is 132 Å². The second kappa shape index (κ2) is 10.5. The second-order valence-corrected chi connectivity index (χ2v) is 12.3. The molecule has 0 fully saturated rings. The minimum absolute atomic E-state index is 0.622. The summed E-state index contributed by atoms with van der Waals surface area (Å²) in [6.07, 6.45) is 0. The Morgan fingerprint density at radius 1 is 0.511 bits per heavy atom. The topological polar surface area (TPSA) is 29.3 Å². The molecular weight excluding hydrogens is 569 g/mol. The lowest BCUT2D eigenvalue weighted by atomic mass is 9.98. The molecule has 0 aliphatic carbocycles. The van der Waals surface area contributed by atoms with Crippen molar-refractivity contribution in [2.24, 2.45) is 0 Å². The molecule has 2 aromatic heterocycles. The molecule has 9 aromatic rings. The summed E-state index contributed by atoms with van der Waals surface area (Å²) in [5.41, 5.74) is 8.21. The van der Waals surface area contributed by atoms with Crippen LogP contribution in [0.5, 0.6) is 0 Å². The largest absolute Gasteiger partial charge is 0.435 e. The van der Waals surface area contributed by atoms with Gasteiger partial charge in [-0.05, 0) is 65.7 Å². The first-order valence-electron chi connectivity index (χ1n) is 15.1. The molecule has 9 rings (SSSR count). The number of aromatic nitrogens is 1. The number of hydrogen-bond acceptors (Lipinski definition) is 4. The summed E-state index contributed by atoms with van der Waals surface area (Å²) >= 11 is 1.85. The Morgan fingerprint density at radius 3 is 2.00 bits per heavy atom. The lowest BCUT2D eigenvalue weighted by molar-refractivity contribution is 0.623. The predicted octanol–water partition coefficient (Wildman–Crippen LogP) is 12.2. The number of nitrogens with zero attached hydrogens (tertiary/aromatic N) is 2. The monoisotopic (exact) mass is 594 g/mol. The van der Waals surface area contributed by atoms with Crippen molar-refractivity contribution in [1.29, 1.82) is 0 Å². The second-order valence-electron chi connectivity index (χ2n) is 11.2. The molecule has 3 nitrogen and oxygen atoms in total. The van der Waals surface area contributed by atoms with E-state index in [-0.39, 0.29) is 0 Å². The molecule has 0 amide bonds. The van der Waals surface area contributed by atoms with Crippen LogP contribution in [-0.4, -0.2) is 4.98 Å². The van der Waals surface area contributed by atoms with Crippen LogP contribution in [0.2, 0.25) is 0 Å². The minimum atomic E-state index is 0.622. The fraction of sp³-hybridized carbons (Fsp3) is 0. The molecule has 0 N–H and O–H groups in total. The van der Waals surface area contributed by atoms with Gasteiger partial charge in [0.1, 0.15) is 5.52 Å². The Morgan fingerprint density at radius 2 is 1.16 bits per heavy atom. The summed E-state index contributed by atoms with van der Waals surface area (Å²) in [4.78, 5) is 7.33. The SMILES string of the molecule is c1ccc(-c2nc3cc(N(c4ccccc4)c4cccc(-c5cccc6sc7ccccc7c56)c4)c4ccccc4c3o2)cc1. The van der Waals surface area contributed by atoms with Gasteiger partial charge in [0.15, 0.2) is 5.58 Å². The van der Waals surface area contributed by atoms with Crippen molar-refractivity contribution in [3.05, 3.63) is 158 Å². The number of fused-ring (bicyclic) bond motifs is 6. The fourth-order valence-corrected chi connectivity index (χ4v) is 7.59. The average molecular weight is 595 g/mol. The number of anilines is 3. The van der Waals surface area contributed by atoms with E-state index in [4.69, 9.17) is 9.40 Å². The summed E-state index contributed by atoms with van der Waals surface area (Å²) in [6, 6.07) is 55.5. The first-order valence-corrected chi connectivity index (χ1v) is 15.9. The lowest BCUT2D eigenvalue weighted by Crippen LogP contribution is -2.10. The van der Waals surface area contributed by atoms with Gasteiger partial charge in [-0.2, -0.15) is 0 Å². The van der Waals surface area contributed by atoms with Crippen molar-refractivity contribution in [3.63, 3.8) is 0 Å². The minimum Gasteiger partial charge on any atom is -0.435 e. The van der Waals surface area contributed by atoms with Crippen molar-refractivity contribution in [2.75, 3.05) is 4.90 Å². The maximum atomic E-state index is 6.43. The lowest BCUT2D eigenvalue weighted by Gasteiger charge is -2.27. The Bertz CT molecular complexity index is 2500. The average Bonchev–Trinajstić information content (AvgIpc) is 3.72. The van der Waals surface area contributed by atoms with Crippen molar-refractivity contribution in [2.45, 2.75) is 0 Å². The molecule has 212 valence electrons. The number of para-hydroxylation sites is 1. The summed E-state index contributed by atoms with van der Waals surface area (Å²) in [5, 5.41) is 4.74. The number of thiophene rings is 1. The summed E-state index contributed by atoms with van der Waals surface area (Å²) in [5.74, 6) is 0.622. The van der Waals surface area contributed by atoms with E-state index in [1.54, 1.807) is 0 Å². The summed E-state index contributed by atoms with van der Waals surface area (Å²) in [6.45, 7) is 0. The maximum absolute atomic E-state index is 6.43. The van der Waals surface area contributed by atoms with Crippen molar-refractivity contribution in [1.82, 2.24) is 4.98 Å². The molecule has 0 bridgehead atoms. The molecule has 0 unspecified atom stereocenters. The zero-order valence-corrected chi connectivity index (χ0v) is 25.0. The van der Waals surface area contributed by atoms with Crippen LogP contribution < -0.4 is 4.90 Å². The molecule has 0 atom stereocenters. The molecule has 0 radical (unpaired) electrons. The first-order chi connectivity index (χ1) is 22.3. The first kappa shape index (κ1) is 25.8. The van der Waals surface area contributed by atoms with Crippen LogP contribution in [0, 0.1) is 0 Å². The maximum Gasteiger partial charge on any atom is 0.227 e. The van der Waals surface area contributed by atoms with Gasteiger partial charge in [-0.3, -0.25) is 0 Å². The van der Waals surface area contributed by atoms with E-state index in [9.17, 15) is 0 Å². The third-order valence-electron chi connectivity index (χ3n) is 8.47. The Kier molecular flexibility index (Phi) is 6.00. The van der Waals surface area contributed by atoms with Gasteiger partial charge in [-0.25, -0.2) is 4.98 Å². The third-order valence-corrected chi connectivity index (χ3v) is 9.60.